The van der Waals surface area contributed by atoms with E-state index >= 15 is 0 Å². The highest BCUT2D eigenvalue weighted by Gasteiger charge is 2.33. The van der Waals surface area contributed by atoms with Crippen LogP contribution in [0.4, 0.5) is 13.2 Å². The van der Waals surface area contributed by atoms with E-state index in [1.54, 1.807) is 19.1 Å². The fraction of sp³-hybridized carbons (Fsp3) is 0.143. The van der Waals surface area contributed by atoms with Crippen LogP contribution in [0.2, 0.25) is 0 Å². The molecule has 0 saturated carbocycles. The summed E-state index contributed by atoms with van der Waals surface area (Å²) in [5, 5.41) is 0. The van der Waals surface area contributed by atoms with Crippen LogP contribution in [0.1, 0.15) is 11.1 Å². The van der Waals surface area contributed by atoms with Gasteiger partial charge in [-0.1, -0.05) is 33.6 Å². The lowest BCUT2D eigenvalue weighted by Gasteiger charge is -2.12. The van der Waals surface area contributed by atoms with Crippen molar-refractivity contribution in [2.24, 2.45) is 0 Å². The molecule has 8 heteroatoms. The molecule has 0 atom stereocenters. The fourth-order valence-electron chi connectivity index (χ4n) is 1.65. The predicted molar refractivity (Wildman–Crippen MR) is 78.1 cm³/mol. The van der Waals surface area contributed by atoms with Gasteiger partial charge in [-0.05, 0) is 37.3 Å². The van der Waals surface area contributed by atoms with E-state index in [0.29, 0.717) is 6.07 Å². The topological polar surface area (TPSA) is 43.4 Å². The van der Waals surface area contributed by atoms with Crippen molar-refractivity contribution in [2.45, 2.75) is 18.0 Å². The van der Waals surface area contributed by atoms with Gasteiger partial charge in [-0.2, -0.15) is 21.6 Å². The highest BCUT2D eigenvalue weighted by molar-refractivity contribution is 9.10. The van der Waals surface area contributed by atoms with Crippen LogP contribution in [-0.4, -0.2) is 8.42 Å². The number of halogens is 4. The third kappa shape index (κ3) is 3.80. The smallest absolute Gasteiger partial charge is 0.379 e. The molecule has 118 valence electrons. The number of hydrogen-bond acceptors (Lipinski definition) is 3. The van der Waals surface area contributed by atoms with Crippen LogP contribution < -0.4 is 4.18 Å². The van der Waals surface area contributed by atoms with Crippen LogP contribution >= 0.6 is 15.9 Å². The Morgan fingerprint density at radius 2 is 1.64 bits per heavy atom. The molecule has 0 unspecified atom stereocenters. The lowest BCUT2D eigenvalue weighted by Crippen LogP contribution is -2.11. The number of alkyl halides is 3. The first kappa shape index (κ1) is 16.8. The molecule has 0 spiro atoms. The molecule has 22 heavy (non-hydrogen) atoms. The van der Waals surface area contributed by atoms with E-state index in [4.69, 9.17) is 4.18 Å². The van der Waals surface area contributed by atoms with Gasteiger partial charge in [-0.15, -0.1) is 0 Å². The van der Waals surface area contributed by atoms with Crippen LogP contribution in [0.25, 0.3) is 0 Å². The molecule has 0 aromatic heterocycles. The first-order valence-corrected chi connectivity index (χ1v) is 8.17. The Kier molecular flexibility index (Phi) is 4.53. The quantitative estimate of drug-likeness (QED) is 0.717. The van der Waals surface area contributed by atoms with Crippen molar-refractivity contribution in [1.82, 2.24) is 0 Å². The van der Waals surface area contributed by atoms with Gasteiger partial charge in [-0.3, -0.25) is 0 Å². The Labute approximate surface area is 134 Å². The molecule has 2 aromatic carbocycles. The van der Waals surface area contributed by atoms with Gasteiger partial charge in [0.25, 0.3) is 0 Å². The molecule has 0 aliphatic rings. The summed E-state index contributed by atoms with van der Waals surface area (Å²) in [6, 6.07) is 8.66. The Morgan fingerprint density at radius 3 is 2.18 bits per heavy atom. The van der Waals surface area contributed by atoms with Crippen molar-refractivity contribution in [3.63, 3.8) is 0 Å². The lowest BCUT2D eigenvalue weighted by molar-refractivity contribution is -0.138. The van der Waals surface area contributed by atoms with Gasteiger partial charge < -0.3 is 4.18 Å². The van der Waals surface area contributed by atoms with Crippen molar-refractivity contribution in [3.05, 3.63) is 58.1 Å². The van der Waals surface area contributed by atoms with Gasteiger partial charge >= 0.3 is 16.3 Å². The molecule has 0 aliphatic heterocycles. The molecular weight excluding hydrogens is 385 g/mol. The summed E-state index contributed by atoms with van der Waals surface area (Å²) in [4.78, 5) is -0.130. The summed E-state index contributed by atoms with van der Waals surface area (Å²) in [6.07, 6.45) is -4.62. The van der Waals surface area contributed by atoms with E-state index in [1.807, 2.05) is 0 Å². The van der Waals surface area contributed by atoms with Crippen molar-refractivity contribution >= 4 is 26.0 Å². The minimum Gasteiger partial charge on any atom is -0.379 e. The molecule has 0 aliphatic carbocycles. The Balaban J connectivity index is 2.36. The van der Waals surface area contributed by atoms with Crippen LogP contribution in [0, 0.1) is 6.92 Å². The zero-order valence-corrected chi connectivity index (χ0v) is 13.6. The highest BCUT2D eigenvalue weighted by atomic mass is 79.9. The lowest BCUT2D eigenvalue weighted by atomic mass is 10.2. The standard InChI is InChI=1S/C14H10BrF3O3S/c1-9-2-5-11(6-3-9)22(19,20)21-10-4-7-13(15)12(8-10)14(16,17)18/h2-8H,1H3. The summed E-state index contributed by atoms with van der Waals surface area (Å²) < 4.78 is 67.0. The number of rotatable bonds is 3. The summed E-state index contributed by atoms with van der Waals surface area (Å²) >= 11 is 2.77. The largest absolute Gasteiger partial charge is 0.417 e. The normalized spacial score (nSPS) is 12.2. The Bertz CT molecular complexity index is 784. The maximum absolute atomic E-state index is 12.8. The Hall–Kier alpha value is -1.54. The molecule has 0 radical (unpaired) electrons. The number of aryl methyl sites for hydroxylation is 1. The summed E-state index contributed by atoms with van der Waals surface area (Å²) in [7, 11) is -4.19. The number of hydrogen-bond donors (Lipinski definition) is 0. The highest BCUT2D eigenvalue weighted by Crippen LogP contribution is 2.37. The first-order chi connectivity index (χ1) is 10.1. The zero-order chi connectivity index (χ0) is 16.5. The molecule has 0 N–H and O–H groups in total. The zero-order valence-electron chi connectivity index (χ0n) is 11.2. The van der Waals surface area contributed by atoms with Crippen molar-refractivity contribution in [1.29, 1.82) is 0 Å². The van der Waals surface area contributed by atoms with Crippen LogP contribution in [-0.2, 0) is 16.3 Å². The van der Waals surface area contributed by atoms with Crippen molar-refractivity contribution in [2.75, 3.05) is 0 Å². The molecule has 2 aromatic rings. The fourth-order valence-corrected chi connectivity index (χ4v) is 3.05. The van der Waals surface area contributed by atoms with E-state index in [-0.39, 0.29) is 9.37 Å². The van der Waals surface area contributed by atoms with Crippen LogP contribution in [0.15, 0.2) is 51.8 Å². The van der Waals surface area contributed by atoms with Crippen LogP contribution in [0.5, 0.6) is 5.75 Å². The minimum atomic E-state index is -4.62. The molecular formula is C14H10BrF3O3S. The third-order valence-corrected chi connectivity index (χ3v) is 4.71. The molecule has 0 bridgehead atoms. The van der Waals surface area contributed by atoms with E-state index < -0.39 is 27.6 Å². The van der Waals surface area contributed by atoms with Gasteiger partial charge in [0.2, 0.25) is 0 Å². The van der Waals surface area contributed by atoms with Crippen molar-refractivity contribution < 1.29 is 25.8 Å². The first-order valence-electron chi connectivity index (χ1n) is 5.97. The van der Waals surface area contributed by atoms with Gasteiger partial charge in [0.05, 0.1) is 5.56 Å². The second kappa shape index (κ2) is 5.92. The molecule has 0 fully saturated rings. The molecule has 2 rings (SSSR count). The average Bonchev–Trinajstić information content (AvgIpc) is 2.40. The second-order valence-electron chi connectivity index (χ2n) is 4.49. The Morgan fingerprint density at radius 1 is 1.05 bits per heavy atom. The summed E-state index contributed by atoms with van der Waals surface area (Å²) in [5.74, 6) is -0.406. The summed E-state index contributed by atoms with van der Waals surface area (Å²) in [5.41, 5.74) is -0.161. The van der Waals surface area contributed by atoms with Gasteiger partial charge in [0.1, 0.15) is 10.6 Å². The van der Waals surface area contributed by atoms with Crippen molar-refractivity contribution in [3.8, 4) is 5.75 Å². The van der Waals surface area contributed by atoms with E-state index in [1.165, 1.54) is 12.1 Å². The molecule has 3 nitrogen and oxygen atoms in total. The minimum absolute atomic E-state index is 0.130. The predicted octanol–water partition coefficient (Wildman–Crippen LogP) is 4.54. The van der Waals surface area contributed by atoms with E-state index in [9.17, 15) is 21.6 Å². The van der Waals surface area contributed by atoms with E-state index in [0.717, 1.165) is 17.7 Å². The molecule has 0 heterocycles. The molecule has 0 saturated heterocycles. The van der Waals surface area contributed by atoms with Gasteiger partial charge in [0.15, 0.2) is 0 Å². The van der Waals surface area contributed by atoms with E-state index in [2.05, 4.69) is 15.9 Å². The maximum atomic E-state index is 12.8. The summed E-state index contributed by atoms with van der Waals surface area (Å²) in [6.45, 7) is 1.78. The third-order valence-electron chi connectivity index (χ3n) is 2.76. The second-order valence-corrected chi connectivity index (χ2v) is 6.89. The maximum Gasteiger partial charge on any atom is 0.417 e. The SMILES string of the molecule is Cc1ccc(S(=O)(=O)Oc2ccc(Br)c(C(F)(F)F)c2)cc1. The monoisotopic (exact) mass is 394 g/mol. The van der Waals surface area contributed by atoms with Gasteiger partial charge in [-0.25, -0.2) is 0 Å². The number of benzene rings is 2. The molecule has 0 amide bonds. The van der Waals surface area contributed by atoms with Crippen LogP contribution in [0.3, 0.4) is 0 Å². The average molecular weight is 395 g/mol. The van der Waals surface area contributed by atoms with Gasteiger partial charge in [0, 0.05) is 4.47 Å².